The van der Waals surface area contributed by atoms with E-state index in [4.69, 9.17) is 14.1 Å². The molecule has 4 aromatic rings. The van der Waals surface area contributed by atoms with Gasteiger partial charge in [-0.05, 0) is 61.9 Å². The summed E-state index contributed by atoms with van der Waals surface area (Å²) < 4.78 is 12.0. The first-order chi connectivity index (χ1) is 13.7. The summed E-state index contributed by atoms with van der Waals surface area (Å²) in [6.45, 7) is 4.86. The van der Waals surface area contributed by atoms with E-state index in [9.17, 15) is 4.79 Å². The van der Waals surface area contributed by atoms with E-state index in [2.05, 4.69) is 0 Å². The fraction of sp³-hybridized carbons (Fsp3) is 0.182. The van der Waals surface area contributed by atoms with Gasteiger partial charge in [0.05, 0.1) is 29.6 Å². The summed E-state index contributed by atoms with van der Waals surface area (Å²) in [5.41, 5.74) is 2.59. The smallest absolute Gasteiger partial charge is 0.260 e. The normalized spacial score (nSPS) is 10.9. The number of hydrogen-bond acceptors (Lipinski definition) is 5. The number of carbonyl (C=O) groups is 1. The highest BCUT2D eigenvalue weighted by Crippen LogP contribution is 2.32. The van der Waals surface area contributed by atoms with Gasteiger partial charge in [0.2, 0.25) is 0 Å². The van der Waals surface area contributed by atoms with Gasteiger partial charge < -0.3 is 9.15 Å². The predicted molar refractivity (Wildman–Crippen MR) is 111 cm³/mol. The highest BCUT2D eigenvalue weighted by Gasteiger charge is 2.23. The second-order valence-corrected chi connectivity index (χ2v) is 7.36. The lowest BCUT2D eigenvalue weighted by Gasteiger charge is -2.19. The van der Waals surface area contributed by atoms with Crippen molar-refractivity contribution in [1.82, 2.24) is 4.98 Å². The van der Waals surface area contributed by atoms with Gasteiger partial charge in [-0.25, -0.2) is 4.98 Å². The molecular weight excluding hydrogens is 372 g/mol. The summed E-state index contributed by atoms with van der Waals surface area (Å²) in [4.78, 5) is 19.7. The molecule has 0 radical (unpaired) electrons. The maximum atomic E-state index is 13.3. The molecule has 0 spiro atoms. The maximum absolute atomic E-state index is 13.3. The molecule has 6 heteroatoms. The van der Waals surface area contributed by atoms with Gasteiger partial charge in [0.25, 0.3) is 5.91 Å². The first kappa shape index (κ1) is 18.3. The van der Waals surface area contributed by atoms with E-state index in [1.807, 2.05) is 56.3 Å². The van der Waals surface area contributed by atoms with Crippen molar-refractivity contribution in [2.24, 2.45) is 0 Å². The van der Waals surface area contributed by atoms with Gasteiger partial charge in [-0.2, -0.15) is 0 Å². The third-order valence-corrected chi connectivity index (χ3v) is 5.44. The summed E-state index contributed by atoms with van der Waals surface area (Å²) in [5, 5.41) is 0.652. The number of thiazole rings is 1. The lowest BCUT2D eigenvalue weighted by molar-refractivity contribution is 0.0983. The number of para-hydroxylation sites is 1. The largest absolute Gasteiger partial charge is 0.494 e. The summed E-state index contributed by atoms with van der Waals surface area (Å²) in [6.07, 6.45) is 1.61. The van der Waals surface area contributed by atoms with Crippen molar-refractivity contribution >= 4 is 32.6 Å². The van der Waals surface area contributed by atoms with Crippen LogP contribution < -0.4 is 9.64 Å². The van der Waals surface area contributed by atoms with Crippen LogP contribution in [0.5, 0.6) is 5.75 Å². The van der Waals surface area contributed by atoms with Gasteiger partial charge in [-0.3, -0.25) is 9.69 Å². The Hall–Kier alpha value is -3.12. The molecule has 1 amide bonds. The fourth-order valence-electron chi connectivity index (χ4n) is 2.99. The van der Waals surface area contributed by atoms with Crippen molar-refractivity contribution in [3.63, 3.8) is 0 Å². The number of nitrogens with zero attached hydrogens (tertiary/aromatic N) is 2. The zero-order chi connectivity index (χ0) is 19.5. The van der Waals surface area contributed by atoms with E-state index in [1.165, 1.54) is 11.3 Å². The molecule has 142 valence electrons. The Labute approximate surface area is 167 Å². The monoisotopic (exact) mass is 392 g/mol. The number of fused-ring (bicyclic) bond motifs is 1. The quantitative estimate of drug-likeness (QED) is 0.438. The number of hydrogen-bond donors (Lipinski definition) is 0. The van der Waals surface area contributed by atoms with Crippen molar-refractivity contribution in [3.05, 3.63) is 77.7 Å². The number of aromatic nitrogens is 1. The number of benzene rings is 2. The minimum atomic E-state index is -0.129. The second-order valence-electron chi connectivity index (χ2n) is 6.35. The average molecular weight is 392 g/mol. The summed E-state index contributed by atoms with van der Waals surface area (Å²) in [6, 6.07) is 16.9. The van der Waals surface area contributed by atoms with Crippen molar-refractivity contribution in [3.8, 4) is 5.75 Å². The van der Waals surface area contributed by atoms with Crippen LogP contribution in [0.15, 0.2) is 65.3 Å². The first-order valence-corrected chi connectivity index (χ1v) is 9.90. The van der Waals surface area contributed by atoms with Crippen LogP contribution in [-0.2, 0) is 6.54 Å². The topological polar surface area (TPSA) is 55.6 Å². The van der Waals surface area contributed by atoms with E-state index < -0.39 is 0 Å². The van der Waals surface area contributed by atoms with Crippen LogP contribution in [0.2, 0.25) is 0 Å². The van der Waals surface area contributed by atoms with Crippen LogP contribution in [0, 0.1) is 6.92 Å². The van der Waals surface area contributed by atoms with E-state index in [0.717, 1.165) is 21.5 Å². The molecule has 2 heterocycles. The Bertz CT molecular complexity index is 1080. The SMILES string of the molecule is CCOc1ccc(C(=O)N(Cc2ccco2)c2nc3c(C)cccc3s2)cc1. The number of ether oxygens (including phenoxy) is 1. The Balaban J connectivity index is 1.71. The summed E-state index contributed by atoms with van der Waals surface area (Å²) in [5.74, 6) is 1.32. The molecule has 0 N–H and O–H groups in total. The van der Waals surface area contributed by atoms with Crippen LogP contribution >= 0.6 is 11.3 Å². The zero-order valence-electron chi connectivity index (χ0n) is 15.7. The van der Waals surface area contributed by atoms with Crippen molar-refractivity contribution in [2.75, 3.05) is 11.5 Å². The fourth-order valence-corrected chi connectivity index (χ4v) is 4.03. The zero-order valence-corrected chi connectivity index (χ0v) is 16.5. The molecule has 4 rings (SSSR count). The predicted octanol–water partition coefficient (Wildman–Crippen LogP) is 5.44. The van der Waals surface area contributed by atoms with Crippen molar-refractivity contribution < 1.29 is 13.9 Å². The summed E-state index contributed by atoms with van der Waals surface area (Å²) >= 11 is 1.50. The minimum Gasteiger partial charge on any atom is -0.494 e. The van der Waals surface area contributed by atoms with E-state index in [0.29, 0.717) is 29.6 Å². The van der Waals surface area contributed by atoms with Crippen LogP contribution in [0.1, 0.15) is 28.6 Å². The average Bonchev–Trinajstić information content (AvgIpc) is 3.37. The first-order valence-electron chi connectivity index (χ1n) is 9.09. The molecule has 0 unspecified atom stereocenters. The van der Waals surface area contributed by atoms with Gasteiger partial charge >= 0.3 is 0 Å². The van der Waals surface area contributed by atoms with E-state index in [-0.39, 0.29) is 5.91 Å². The number of carbonyl (C=O) groups excluding carboxylic acids is 1. The standard InChI is InChI=1S/C22H20N2O3S/c1-3-26-17-11-9-16(10-12-17)21(25)24(14-18-7-5-13-27-18)22-23-20-15(2)6-4-8-19(20)28-22/h4-13H,3,14H2,1-2H3. The molecule has 0 fully saturated rings. The molecule has 0 atom stereocenters. The van der Waals surface area contributed by atoms with E-state index >= 15 is 0 Å². The molecule has 0 aliphatic carbocycles. The molecule has 0 bridgehead atoms. The highest BCUT2D eigenvalue weighted by atomic mass is 32.1. The Morgan fingerprint density at radius 2 is 1.96 bits per heavy atom. The molecule has 2 aromatic heterocycles. The number of amides is 1. The number of rotatable bonds is 6. The molecule has 0 aliphatic heterocycles. The van der Waals surface area contributed by atoms with Crippen LogP contribution in [0.4, 0.5) is 5.13 Å². The third kappa shape index (κ3) is 3.64. The number of furan rings is 1. The third-order valence-electron chi connectivity index (χ3n) is 4.39. The molecule has 2 aromatic carbocycles. The van der Waals surface area contributed by atoms with Gasteiger partial charge in [0.15, 0.2) is 5.13 Å². The Kier molecular flexibility index (Phi) is 5.12. The van der Waals surface area contributed by atoms with Crippen LogP contribution in [0.25, 0.3) is 10.2 Å². The molecular formula is C22H20N2O3S. The number of aryl methyl sites for hydroxylation is 1. The number of anilines is 1. The van der Waals surface area contributed by atoms with Gasteiger partial charge in [-0.1, -0.05) is 23.5 Å². The van der Waals surface area contributed by atoms with Crippen LogP contribution in [0.3, 0.4) is 0 Å². The van der Waals surface area contributed by atoms with Crippen LogP contribution in [-0.4, -0.2) is 17.5 Å². The lowest BCUT2D eigenvalue weighted by atomic mass is 10.2. The second kappa shape index (κ2) is 7.86. The van der Waals surface area contributed by atoms with Gasteiger partial charge in [0, 0.05) is 5.56 Å². The minimum absolute atomic E-state index is 0.129. The van der Waals surface area contributed by atoms with Gasteiger partial charge in [0.1, 0.15) is 11.5 Å². The molecule has 28 heavy (non-hydrogen) atoms. The Morgan fingerprint density at radius 1 is 1.14 bits per heavy atom. The summed E-state index contributed by atoms with van der Waals surface area (Å²) in [7, 11) is 0. The molecule has 0 saturated heterocycles. The molecule has 0 aliphatic rings. The molecule has 0 saturated carbocycles. The highest BCUT2D eigenvalue weighted by molar-refractivity contribution is 7.22. The van der Waals surface area contributed by atoms with Gasteiger partial charge in [-0.15, -0.1) is 0 Å². The Morgan fingerprint density at radius 3 is 2.64 bits per heavy atom. The maximum Gasteiger partial charge on any atom is 0.260 e. The van der Waals surface area contributed by atoms with E-state index in [1.54, 1.807) is 23.3 Å². The van der Waals surface area contributed by atoms with Crippen molar-refractivity contribution in [1.29, 1.82) is 0 Å². The van der Waals surface area contributed by atoms with Crippen molar-refractivity contribution in [2.45, 2.75) is 20.4 Å². The molecule has 5 nitrogen and oxygen atoms in total. The lowest BCUT2D eigenvalue weighted by Crippen LogP contribution is -2.30.